The first-order chi connectivity index (χ1) is 16.8. The Hall–Kier alpha value is -3.81. The molecular formula is C28H28F3NO4. The Morgan fingerprint density at radius 2 is 1.44 bits per heavy atom. The fourth-order valence-electron chi connectivity index (χ4n) is 3.74. The molecule has 3 aromatic carbocycles. The highest BCUT2D eigenvalue weighted by atomic mass is 19.4. The number of hydrogen-bond acceptors (Lipinski definition) is 4. The summed E-state index contributed by atoms with van der Waals surface area (Å²) in [6.45, 7) is 8.27. The second-order valence-corrected chi connectivity index (χ2v) is 9.40. The molecule has 8 heteroatoms. The lowest BCUT2D eigenvalue weighted by Crippen LogP contribution is -2.37. The number of hydrogen-bond donors (Lipinski definition) is 0. The Kier molecular flexibility index (Phi) is 7.77. The molecule has 0 radical (unpaired) electrons. The summed E-state index contributed by atoms with van der Waals surface area (Å²) < 4.78 is 45.9. The highest BCUT2D eigenvalue weighted by molar-refractivity contribution is 6.38. The number of methoxy groups -OCH3 is 1. The van der Waals surface area contributed by atoms with Gasteiger partial charge in [0.2, 0.25) is 0 Å². The zero-order chi connectivity index (χ0) is 26.7. The molecule has 36 heavy (non-hydrogen) atoms. The van der Waals surface area contributed by atoms with Crippen LogP contribution in [0.4, 0.5) is 18.9 Å². The quantitative estimate of drug-likeness (QED) is 0.295. The Balaban J connectivity index is 1.91. The van der Waals surface area contributed by atoms with Crippen LogP contribution >= 0.6 is 0 Å². The molecular weight excluding hydrogens is 471 g/mol. The number of rotatable bonds is 5. The van der Waals surface area contributed by atoms with Crippen molar-refractivity contribution in [2.75, 3.05) is 12.0 Å². The average molecular weight is 500 g/mol. The number of benzene rings is 3. The molecule has 0 aliphatic rings. The molecule has 0 bridgehead atoms. The highest BCUT2D eigenvalue weighted by Crippen LogP contribution is 2.31. The van der Waals surface area contributed by atoms with Crippen molar-refractivity contribution in [3.63, 3.8) is 0 Å². The number of carbonyl (C=O) groups is 2. The van der Waals surface area contributed by atoms with Gasteiger partial charge in [0, 0.05) is 5.69 Å². The summed E-state index contributed by atoms with van der Waals surface area (Å²) in [4.78, 5) is 26.4. The lowest BCUT2D eigenvalue weighted by molar-refractivity contribution is -0.274. The van der Waals surface area contributed by atoms with Crippen LogP contribution in [0.25, 0.3) is 11.1 Å². The van der Waals surface area contributed by atoms with E-state index in [1.807, 2.05) is 24.3 Å². The highest BCUT2D eigenvalue weighted by Gasteiger charge is 2.31. The fourth-order valence-corrected chi connectivity index (χ4v) is 3.74. The Morgan fingerprint density at radius 1 is 0.861 bits per heavy atom. The van der Waals surface area contributed by atoms with Crippen molar-refractivity contribution in [1.82, 2.24) is 0 Å². The van der Waals surface area contributed by atoms with Crippen molar-refractivity contribution in [1.29, 1.82) is 0 Å². The number of anilines is 1. The van der Waals surface area contributed by atoms with E-state index in [-0.39, 0.29) is 17.7 Å². The first-order valence-electron chi connectivity index (χ1n) is 11.2. The summed E-state index contributed by atoms with van der Waals surface area (Å²) in [7, 11) is 1.15. The summed E-state index contributed by atoms with van der Waals surface area (Å²) in [5, 5.41) is 0. The minimum atomic E-state index is -4.76. The predicted octanol–water partition coefficient (Wildman–Crippen LogP) is 6.56. The molecule has 3 rings (SSSR count). The molecule has 0 N–H and O–H groups in total. The second kappa shape index (κ2) is 10.4. The Morgan fingerprint density at radius 3 is 1.94 bits per heavy atom. The van der Waals surface area contributed by atoms with Gasteiger partial charge >= 0.3 is 18.2 Å². The summed E-state index contributed by atoms with van der Waals surface area (Å²) in [6.07, 6.45) is -4.76. The standard InChI is InChI=1S/C28H28F3NO4/c1-18-16-21(20-8-13-23(14-9-20)36-28(29,30)31)10-15-24(18)32(25(33)26(34)35-5)17-19-6-11-22(12-7-19)27(2,3)4/h6-16H,17H2,1-5H3. The van der Waals surface area contributed by atoms with Gasteiger partial charge in [-0.25, -0.2) is 4.79 Å². The van der Waals surface area contributed by atoms with E-state index in [1.165, 1.54) is 29.2 Å². The minimum Gasteiger partial charge on any atom is -0.462 e. The van der Waals surface area contributed by atoms with Crippen molar-refractivity contribution in [2.45, 2.75) is 46.0 Å². The van der Waals surface area contributed by atoms with Crippen LogP contribution in [-0.4, -0.2) is 25.3 Å². The second-order valence-electron chi connectivity index (χ2n) is 9.40. The summed E-state index contributed by atoms with van der Waals surface area (Å²) in [6, 6.07) is 18.6. The third kappa shape index (κ3) is 6.65. The van der Waals surface area contributed by atoms with E-state index in [9.17, 15) is 22.8 Å². The molecule has 0 aromatic heterocycles. The minimum absolute atomic E-state index is 0.0243. The number of halogens is 3. The molecule has 1 amide bonds. The van der Waals surface area contributed by atoms with Gasteiger partial charge in [-0.05, 0) is 64.4 Å². The van der Waals surface area contributed by atoms with Crippen molar-refractivity contribution in [2.24, 2.45) is 0 Å². The number of ether oxygens (including phenoxy) is 2. The largest absolute Gasteiger partial charge is 0.573 e. The third-order valence-corrected chi connectivity index (χ3v) is 5.67. The topological polar surface area (TPSA) is 55.8 Å². The number of nitrogens with zero attached hydrogens (tertiary/aromatic N) is 1. The van der Waals surface area contributed by atoms with Crippen LogP contribution in [-0.2, 0) is 26.3 Å². The third-order valence-electron chi connectivity index (χ3n) is 5.67. The van der Waals surface area contributed by atoms with Gasteiger partial charge in [0.15, 0.2) is 0 Å². The van der Waals surface area contributed by atoms with Gasteiger partial charge in [-0.3, -0.25) is 9.69 Å². The lowest BCUT2D eigenvalue weighted by atomic mass is 9.87. The normalized spacial score (nSPS) is 11.7. The van der Waals surface area contributed by atoms with E-state index >= 15 is 0 Å². The number of amides is 1. The van der Waals surface area contributed by atoms with Crippen LogP contribution in [0.3, 0.4) is 0 Å². The van der Waals surface area contributed by atoms with Crippen molar-refractivity contribution < 1.29 is 32.2 Å². The monoisotopic (exact) mass is 499 g/mol. The summed E-state index contributed by atoms with van der Waals surface area (Å²) in [5.41, 5.74) is 4.58. The van der Waals surface area contributed by atoms with E-state index < -0.39 is 18.2 Å². The number of carbonyl (C=O) groups excluding carboxylic acids is 2. The van der Waals surface area contributed by atoms with Crippen LogP contribution in [0.15, 0.2) is 66.7 Å². The maximum atomic E-state index is 12.9. The molecule has 5 nitrogen and oxygen atoms in total. The predicted molar refractivity (Wildman–Crippen MR) is 132 cm³/mol. The zero-order valence-corrected chi connectivity index (χ0v) is 20.8. The molecule has 190 valence electrons. The van der Waals surface area contributed by atoms with E-state index in [0.29, 0.717) is 16.8 Å². The molecule has 0 saturated heterocycles. The van der Waals surface area contributed by atoms with E-state index in [0.717, 1.165) is 23.8 Å². The maximum absolute atomic E-state index is 12.9. The molecule has 0 unspecified atom stereocenters. The molecule has 0 aliphatic carbocycles. The Bertz CT molecular complexity index is 1230. The fraction of sp³-hybridized carbons (Fsp3) is 0.286. The van der Waals surface area contributed by atoms with Crippen LogP contribution < -0.4 is 9.64 Å². The van der Waals surface area contributed by atoms with Crippen molar-refractivity contribution in [3.8, 4) is 16.9 Å². The summed E-state index contributed by atoms with van der Waals surface area (Å²) in [5.74, 6) is -2.10. The molecule has 0 heterocycles. The first-order valence-corrected chi connectivity index (χ1v) is 11.2. The van der Waals surface area contributed by atoms with Gasteiger partial charge in [0.05, 0.1) is 13.7 Å². The van der Waals surface area contributed by atoms with Crippen molar-refractivity contribution >= 4 is 17.6 Å². The molecule has 0 aliphatic heterocycles. The maximum Gasteiger partial charge on any atom is 0.573 e. The average Bonchev–Trinajstić information content (AvgIpc) is 2.81. The van der Waals surface area contributed by atoms with E-state index in [4.69, 9.17) is 0 Å². The van der Waals surface area contributed by atoms with Gasteiger partial charge in [-0.15, -0.1) is 13.2 Å². The smallest absolute Gasteiger partial charge is 0.462 e. The van der Waals surface area contributed by atoms with Gasteiger partial charge in [-0.1, -0.05) is 63.2 Å². The van der Waals surface area contributed by atoms with Gasteiger partial charge in [0.1, 0.15) is 5.75 Å². The number of esters is 1. The van der Waals surface area contributed by atoms with Crippen LogP contribution in [0.2, 0.25) is 0 Å². The SMILES string of the molecule is COC(=O)C(=O)N(Cc1ccc(C(C)(C)C)cc1)c1ccc(-c2ccc(OC(F)(F)F)cc2)cc1C. The van der Waals surface area contributed by atoms with Gasteiger partial charge in [0.25, 0.3) is 0 Å². The van der Waals surface area contributed by atoms with E-state index in [2.05, 4.69) is 30.2 Å². The molecule has 0 fully saturated rings. The van der Waals surface area contributed by atoms with Crippen LogP contribution in [0.1, 0.15) is 37.5 Å². The number of alkyl halides is 3. The first kappa shape index (κ1) is 26.8. The molecule has 3 aromatic rings. The number of aryl methyl sites for hydroxylation is 1. The molecule has 0 saturated carbocycles. The Labute approximate surface area is 208 Å². The van der Waals surface area contributed by atoms with Gasteiger partial charge in [-0.2, -0.15) is 0 Å². The molecule has 0 spiro atoms. The lowest BCUT2D eigenvalue weighted by Gasteiger charge is -2.25. The van der Waals surface area contributed by atoms with Crippen molar-refractivity contribution in [3.05, 3.63) is 83.4 Å². The summed E-state index contributed by atoms with van der Waals surface area (Å²) >= 11 is 0. The van der Waals surface area contributed by atoms with Crippen LogP contribution in [0.5, 0.6) is 5.75 Å². The van der Waals surface area contributed by atoms with Crippen LogP contribution in [0, 0.1) is 6.92 Å². The zero-order valence-electron chi connectivity index (χ0n) is 20.8. The molecule has 0 atom stereocenters. The van der Waals surface area contributed by atoms with E-state index in [1.54, 1.807) is 25.1 Å². The van der Waals surface area contributed by atoms with Gasteiger partial charge < -0.3 is 9.47 Å².